The number of alkyl carbamates (subject to hydrolysis) is 1. The monoisotopic (exact) mass is 327 g/mol. The number of amides is 1. The average Bonchev–Trinajstić information content (AvgIpc) is 2.39. The van der Waals surface area contributed by atoms with Gasteiger partial charge in [-0.2, -0.15) is 0 Å². The van der Waals surface area contributed by atoms with Crippen molar-refractivity contribution >= 4 is 12.1 Å². The van der Waals surface area contributed by atoms with Gasteiger partial charge in [0.1, 0.15) is 12.7 Å². The highest BCUT2D eigenvalue weighted by Gasteiger charge is 2.47. The van der Waals surface area contributed by atoms with Crippen LogP contribution in [0.25, 0.3) is 0 Å². The number of carbonyl (C=O) groups excluding carboxylic acids is 2. The molecule has 1 aliphatic heterocycles. The molecule has 0 aliphatic carbocycles. The Bertz CT molecular complexity index is 455. The van der Waals surface area contributed by atoms with Gasteiger partial charge in [0.25, 0.3) is 0 Å². The van der Waals surface area contributed by atoms with E-state index in [1.165, 1.54) is 0 Å². The van der Waals surface area contributed by atoms with E-state index in [2.05, 4.69) is 11.9 Å². The number of nitrogens with zero attached hydrogens (tertiary/aromatic N) is 1. The van der Waals surface area contributed by atoms with Gasteiger partial charge in [0, 0.05) is 29.5 Å². The first-order valence-electron chi connectivity index (χ1n) is 7.70. The highest BCUT2D eigenvalue weighted by atomic mass is 16.6. The normalized spacial score (nSPS) is 20.6. The van der Waals surface area contributed by atoms with Crippen LogP contribution in [0.15, 0.2) is 12.2 Å². The second kappa shape index (κ2) is 7.31. The second-order valence-electron chi connectivity index (χ2n) is 7.20. The van der Waals surface area contributed by atoms with E-state index in [9.17, 15) is 14.8 Å². The van der Waals surface area contributed by atoms with E-state index in [0.29, 0.717) is 18.4 Å². The summed E-state index contributed by atoms with van der Waals surface area (Å²) >= 11 is 0. The molecule has 7 nitrogen and oxygen atoms in total. The highest BCUT2D eigenvalue weighted by molar-refractivity contribution is 5.86. The van der Waals surface area contributed by atoms with E-state index in [-0.39, 0.29) is 19.3 Å². The molecule has 0 aromatic heterocycles. The molecule has 1 amide bonds. The van der Waals surface area contributed by atoms with Crippen LogP contribution in [0.2, 0.25) is 0 Å². The van der Waals surface area contributed by atoms with Crippen LogP contribution in [0.5, 0.6) is 0 Å². The van der Waals surface area contributed by atoms with Crippen LogP contribution in [0.3, 0.4) is 0 Å². The highest BCUT2D eigenvalue weighted by Crippen LogP contribution is 2.38. The molecule has 0 aromatic carbocycles. The van der Waals surface area contributed by atoms with E-state index < -0.39 is 23.1 Å². The maximum Gasteiger partial charge on any atom is 0.407 e. The van der Waals surface area contributed by atoms with Gasteiger partial charge < -0.3 is 14.8 Å². The Balaban J connectivity index is 2.40. The Kier molecular flexibility index (Phi) is 6.18. The maximum absolute atomic E-state index is 12.2. The van der Waals surface area contributed by atoms with Crippen molar-refractivity contribution in [3.63, 3.8) is 0 Å². The predicted molar refractivity (Wildman–Crippen MR) is 84.0 cm³/mol. The maximum atomic E-state index is 12.2. The minimum absolute atomic E-state index is 0.0524. The summed E-state index contributed by atoms with van der Waals surface area (Å²) in [7, 11) is 0. The summed E-state index contributed by atoms with van der Waals surface area (Å²) in [6.45, 7) is 12.6. The van der Waals surface area contributed by atoms with E-state index in [1.54, 1.807) is 6.92 Å². The Hall–Kier alpha value is -1.60. The van der Waals surface area contributed by atoms with Crippen molar-refractivity contribution in [3.05, 3.63) is 12.2 Å². The number of rotatable bonds is 5. The Morgan fingerprint density at radius 2 is 1.74 bits per heavy atom. The molecular weight excluding hydrogens is 300 g/mol. The lowest BCUT2D eigenvalue weighted by molar-refractivity contribution is -0.298. The molecule has 23 heavy (non-hydrogen) atoms. The second-order valence-corrected chi connectivity index (χ2v) is 7.20. The molecule has 1 rings (SSSR count). The Morgan fingerprint density at radius 3 is 2.22 bits per heavy atom. The van der Waals surface area contributed by atoms with Gasteiger partial charge in [0.2, 0.25) is 0 Å². The predicted octanol–water partition coefficient (Wildman–Crippen LogP) is 2.20. The number of piperidine rings is 1. The first kappa shape index (κ1) is 19.4. The number of esters is 1. The van der Waals surface area contributed by atoms with Crippen molar-refractivity contribution in [1.29, 1.82) is 0 Å². The van der Waals surface area contributed by atoms with Crippen LogP contribution in [0.4, 0.5) is 4.79 Å². The third-order valence-corrected chi connectivity index (χ3v) is 3.78. The van der Waals surface area contributed by atoms with Crippen molar-refractivity contribution < 1.29 is 24.3 Å². The van der Waals surface area contributed by atoms with Crippen molar-refractivity contribution in [2.24, 2.45) is 0 Å². The molecule has 1 heterocycles. The van der Waals surface area contributed by atoms with Gasteiger partial charge in [-0.25, -0.2) is 9.59 Å². The number of carbonyl (C=O) groups is 2. The van der Waals surface area contributed by atoms with Gasteiger partial charge in [0.15, 0.2) is 0 Å². The number of hydrogen-bond acceptors (Lipinski definition) is 5. The lowest BCUT2D eigenvalue weighted by atomic mass is 9.80. The number of nitrogens with one attached hydrogen (secondary N) is 1. The summed E-state index contributed by atoms with van der Waals surface area (Å²) in [6, 6.07) is 0. The third-order valence-electron chi connectivity index (χ3n) is 3.78. The van der Waals surface area contributed by atoms with Crippen LogP contribution in [-0.2, 0) is 19.5 Å². The zero-order valence-electron chi connectivity index (χ0n) is 14.6. The minimum Gasteiger partial charge on any atom is -0.460 e. The fourth-order valence-corrected chi connectivity index (χ4v) is 2.87. The lowest BCUT2D eigenvalue weighted by Crippen LogP contribution is -2.60. The molecule has 0 saturated carbocycles. The zero-order valence-corrected chi connectivity index (χ0v) is 14.6. The summed E-state index contributed by atoms with van der Waals surface area (Å²) < 4.78 is 10.3. The molecule has 1 aliphatic rings. The standard InChI is InChI=1S/C16H27N2O5/c1-11(2)13(19)22-8-7-17-14(20)23-12-9-15(3,4)18(21)16(5,6)10-12/h12H,1,7-10H2,2-6H3,(H,17,20). The number of hydrogen-bond donors (Lipinski definition) is 1. The van der Waals surface area contributed by atoms with Crippen molar-refractivity contribution in [2.75, 3.05) is 13.2 Å². The Morgan fingerprint density at radius 1 is 1.22 bits per heavy atom. The SMILES string of the molecule is C=C(C)C(=O)OCCNC(=O)OC1CC(C)(C)N([O])C(C)(C)C1. The first-order valence-corrected chi connectivity index (χ1v) is 7.70. The van der Waals surface area contributed by atoms with Crippen molar-refractivity contribution in [3.8, 4) is 0 Å². The van der Waals surface area contributed by atoms with E-state index in [1.807, 2.05) is 27.7 Å². The van der Waals surface area contributed by atoms with E-state index >= 15 is 0 Å². The number of hydroxylamine groups is 2. The fourth-order valence-electron chi connectivity index (χ4n) is 2.87. The molecule has 1 fully saturated rings. The molecule has 1 N–H and O–H groups in total. The minimum atomic E-state index is -0.594. The van der Waals surface area contributed by atoms with Gasteiger partial charge in [-0.05, 0) is 34.6 Å². The molecule has 0 atom stereocenters. The molecular formula is C16H27N2O5. The van der Waals surface area contributed by atoms with Crippen LogP contribution in [0.1, 0.15) is 47.5 Å². The van der Waals surface area contributed by atoms with Crippen LogP contribution >= 0.6 is 0 Å². The van der Waals surface area contributed by atoms with Gasteiger partial charge in [-0.1, -0.05) is 6.58 Å². The zero-order chi connectivity index (χ0) is 17.8. The van der Waals surface area contributed by atoms with Crippen LogP contribution in [0, 0.1) is 0 Å². The summed E-state index contributed by atoms with van der Waals surface area (Å²) in [4.78, 5) is 23.0. The number of ether oxygens (including phenoxy) is 2. The molecule has 131 valence electrons. The van der Waals surface area contributed by atoms with Gasteiger partial charge in [-0.3, -0.25) is 0 Å². The molecule has 0 spiro atoms. The van der Waals surface area contributed by atoms with Gasteiger partial charge in [0.05, 0.1) is 6.54 Å². The smallest absolute Gasteiger partial charge is 0.407 e. The van der Waals surface area contributed by atoms with Gasteiger partial charge in [-0.15, -0.1) is 10.3 Å². The molecule has 1 saturated heterocycles. The third kappa shape index (κ3) is 5.51. The largest absolute Gasteiger partial charge is 0.460 e. The molecule has 7 heteroatoms. The summed E-state index contributed by atoms with van der Waals surface area (Å²) in [5.74, 6) is -0.494. The summed E-state index contributed by atoms with van der Waals surface area (Å²) in [5, 5.41) is 15.8. The molecule has 0 bridgehead atoms. The Labute approximate surface area is 137 Å². The summed E-state index contributed by atoms with van der Waals surface area (Å²) in [5.41, 5.74) is -0.880. The quantitative estimate of drug-likeness (QED) is 0.475. The topological polar surface area (TPSA) is 87.8 Å². The molecule has 0 unspecified atom stereocenters. The van der Waals surface area contributed by atoms with Crippen molar-refractivity contribution in [2.45, 2.75) is 64.6 Å². The van der Waals surface area contributed by atoms with Crippen LogP contribution in [-0.4, -0.2) is 47.5 Å². The fraction of sp³-hybridized carbons (Fsp3) is 0.750. The van der Waals surface area contributed by atoms with Crippen molar-refractivity contribution in [1.82, 2.24) is 10.4 Å². The molecule has 0 aromatic rings. The summed E-state index contributed by atoms with van der Waals surface area (Å²) in [6.07, 6.45) is 0.0335. The first-order chi connectivity index (χ1) is 10.5. The van der Waals surface area contributed by atoms with E-state index in [4.69, 9.17) is 9.47 Å². The molecule has 1 radical (unpaired) electrons. The van der Waals surface area contributed by atoms with E-state index in [0.717, 1.165) is 5.06 Å². The average molecular weight is 327 g/mol. The van der Waals surface area contributed by atoms with Gasteiger partial charge >= 0.3 is 12.1 Å². The lowest BCUT2D eigenvalue weighted by Gasteiger charge is -2.49. The van der Waals surface area contributed by atoms with Crippen LogP contribution < -0.4 is 5.32 Å².